The van der Waals surface area contributed by atoms with E-state index in [1.54, 1.807) is 24.3 Å². The molecule has 0 fully saturated rings. The Hall–Kier alpha value is -1.46. The minimum atomic E-state index is -4.10. The summed E-state index contributed by atoms with van der Waals surface area (Å²) in [7, 11) is -7.83. The lowest BCUT2D eigenvalue weighted by Gasteiger charge is -2.33. The van der Waals surface area contributed by atoms with Gasteiger partial charge in [0.25, 0.3) is 0 Å². The highest BCUT2D eigenvalue weighted by Crippen LogP contribution is 2.48. The van der Waals surface area contributed by atoms with Crippen LogP contribution in [0.4, 0.5) is 0 Å². The smallest absolute Gasteiger partial charge is 0.192 e. The van der Waals surface area contributed by atoms with Gasteiger partial charge in [0, 0.05) is 27.1 Å². The molecule has 138 valence electrons. The normalized spacial score (nSPS) is 18.5. The summed E-state index contributed by atoms with van der Waals surface area (Å²) in [5.41, 5.74) is 0.467. The van der Waals surface area contributed by atoms with Crippen molar-refractivity contribution in [3.05, 3.63) is 56.9 Å². The number of hydrogen-bond acceptors (Lipinski definition) is 6. The molecule has 0 unspecified atom stereocenters. The van der Waals surface area contributed by atoms with Crippen molar-refractivity contribution >= 4 is 52.9 Å². The fourth-order valence-corrected chi connectivity index (χ4v) is 7.58. The van der Waals surface area contributed by atoms with Crippen molar-refractivity contribution in [2.75, 3.05) is 6.26 Å². The molecule has 0 aliphatic carbocycles. The molecule has 1 aliphatic rings. The van der Waals surface area contributed by atoms with Crippen molar-refractivity contribution in [1.29, 1.82) is 0 Å². The number of aliphatic hydroxyl groups excluding tert-OH is 1. The van der Waals surface area contributed by atoms with E-state index >= 15 is 0 Å². The van der Waals surface area contributed by atoms with Crippen LogP contribution in [0, 0.1) is 3.57 Å². The highest BCUT2D eigenvalue weighted by molar-refractivity contribution is 14.1. The van der Waals surface area contributed by atoms with Gasteiger partial charge in [0.15, 0.2) is 25.4 Å². The summed E-state index contributed by atoms with van der Waals surface area (Å²) in [6.45, 7) is 3.03. The predicted molar refractivity (Wildman–Crippen MR) is 108 cm³/mol. The Kier molecular flexibility index (Phi) is 4.48. The van der Waals surface area contributed by atoms with Gasteiger partial charge in [0.1, 0.15) is 10.6 Å². The monoisotopic (exact) mass is 505 g/mol. The molecule has 0 saturated carbocycles. The van der Waals surface area contributed by atoms with Crippen LogP contribution in [0.25, 0.3) is 10.7 Å². The summed E-state index contributed by atoms with van der Waals surface area (Å²) in [5.74, 6) is -0.535. The van der Waals surface area contributed by atoms with Gasteiger partial charge in [0.05, 0.1) is 9.64 Å². The highest BCUT2D eigenvalue weighted by Gasteiger charge is 2.48. The zero-order valence-corrected chi connectivity index (χ0v) is 18.0. The minimum absolute atomic E-state index is 0.0405. The number of sulfone groups is 2. The first kappa shape index (κ1) is 19.3. The van der Waals surface area contributed by atoms with Gasteiger partial charge in [-0.25, -0.2) is 16.8 Å². The number of aliphatic hydroxyl groups is 1. The molecule has 2 heterocycles. The van der Waals surface area contributed by atoms with Gasteiger partial charge in [-0.1, -0.05) is 18.2 Å². The summed E-state index contributed by atoms with van der Waals surface area (Å²) >= 11 is 1.84. The van der Waals surface area contributed by atoms with Crippen LogP contribution >= 0.6 is 22.6 Å². The fourth-order valence-electron chi connectivity index (χ4n) is 3.05. The van der Waals surface area contributed by atoms with Gasteiger partial charge >= 0.3 is 0 Å². The van der Waals surface area contributed by atoms with E-state index in [4.69, 9.17) is 0 Å². The average molecular weight is 505 g/mol. The maximum Gasteiger partial charge on any atom is 0.192 e. The SMILES string of the molecule is CC1(C)c2cccnc2C(O)=C(c2cccc(I)c2S(C)(=O)=O)S1(=O)=O. The molecular weight excluding hydrogens is 489 g/mol. The van der Waals surface area contributed by atoms with Crippen LogP contribution in [0.3, 0.4) is 0 Å². The summed E-state index contributed by atoms with van der Waals surface area (Å²) in [6, 6.07) is 7.72. The molecule has 1 aromatic carbocycles. The lowest BCUT2D eigenvalue weighted by atomic mass is 9.98. The molecule has 1 aliphatic heterocycles. The predicted octanol–water partition coefficient (Wildman–Crippen LogP) is 3.14. The number of hydrogen-bond donors (Lipinski definition) is 1. The Balaban J connectivity index is 2.53. The second-order valence-corrected chi connectivity index (χ2v) is 12.0. The Morgan fingerprint density at radius 3 is 2.42 bits per heavy atom. The Labute approximate surface area is 166 Å². The average Bonchev–Trinajstić information content (AvgIpc) is 2.52. The van der Waals surface area contributed by atoms with Gasteiger partial charge in [-0.05, 0) is 48.6 Å². The molecule has 1 aromatic heterocycles. The number of fused-ring (bicyclic) bond motifs is 1. The van der Waals surface area contributed by atoms with E-state index in [0.717, 1.165) is 6.26 Å². The van der Waals surface area contributed by atoms with Crippen molar-refractivity contribution in [2.45, 2.75) is 23.5 Å². The fraction of sp³-hybridized carbons (Fsp3) is 0.235. The van der Waals surface area contributed by atoms with E-state index < -0.39 is 35.1 Å². The first-order valence-corrected chi connectivity index (χ1v) is 12.0. The highest BCUT2D eigenvalue weighted by atomic mass is 127. The largest absolute Gasteiger partial charge is 0.504 e. The van der Waals surface area contributed by atoms with Crippen molar-refractivity contribution in [3.63, 3.8) is 0 Å². The molecular formula is C17H16INO5S2. The second kappa shape index (κ2) is 6.03. The molecule has 26 heavy (non-hydrogen) atoms. The zero-order chi connectivity index (χ0) is 19.5. The molecule has 6 nitrogen and oxygen atoms in total. The van der Waals surface area contributed by atoms with Crippen LogP contribution in [0.15, 0.2) is 41.4 Å². The third-order valence-corrected chi connectivity index (χ3v) is 9.38. The topological polar surface area (TPSA) is 101 Å². The number of nitrogens with zero attached hydrogens (tertiary/aromatic N) is 1. The maximum atomic E-state index is 13.4. The number of halogens is 1. The van der Waals surface area contributed by atoms with Gasteiger partial charge in [-0.3, -0.25) is 4.98 Å². The third-order valence-electron chi connectivity index (χ3n) is 4.42. The molecule has 2 aromatic rings. The molecule has 0 bridgehead atoms. The van der Waals surface area contributed by atoms with Gasteiger partial charge in [0.2, 0.25) is 0 Å². The maximum absolute atomic E-state index is 13.4. The second-order valence-electron chi connectivity index (χ2n) is 6.48. The van der Waals surface area contributed by atoms with Crippen LogP contribution in [0.2, 0.25) is 0 Å². The van der Waals surface area contributed by atoms with E-state index in [2.05, 4.69) is 4.98 Å². The summed E-state index contributed by atoms with van der Waals surface area (Å²) in [6.07, 6.45) is 2.46. The zero-order valence-electron chi connectivity index (χ0n) is 14.2. The van der Waals surface area contributed by atoms with Gasteiger partial charge < -0.3 is 5.11 Å². The number of rotatable bonds is 2. The van der Waals surface area contributed by atoms with Crippen LogP contribution in [-0.4, -0.2) is 33.2 Å². The number of benzene rings is 1. The van der Waals surface area contributed by atoms with Crippen molar-refractivity contribution in [2.24, 2.45) is 0 Å². The number of pyridine rings is 1. The Bertz CT molecular complexity index is 1170. The lowest BCUT2D eigenvalue weighted by Crippen LogP contribution is -2.35. The molecule has 0 atom stereocenters. The molecule has 3 rings (SSSR count). The first-order chi connectivity index (χ1) is 11.9. The van der Waals surface area contributed by atoms with Crippen molar-refractivity contribution < 1.29 is 21.9 Å². The molecule has 0 amide bonds. The summed E-state index contributed by atoms with van der Waals surface area (Å²) in [4.78, 5) is 3.59. The standard InChI is InChI=1S/C17H16INO5S2/c1-17(2)11-7-5-9-19-13(11)14(20)16(26(17,23)24)10-6-4-8-12(18)15(10)25(3,21)22/h4-9,20H,1-3H3. The lowest BCUT2D eigenvalue weighted by molar-refractivity contribution is 0.501. The van der Waals surface area contributed by atoms with E-state index in [1.807, 2.05) is 22.6 Å². The van der Waals surface area contributed by atoms with E-state index in [0.29, 0.717) is 9.13 Å². The quantitative estimate of drug-likeness (QED) is 0.630. The Morgan fingerprint density at radius 2 is 1.81 bits per heavy atom. The van der Waals surface area contributed by atoms with Gasteiger partial charge in [-0.15, -0.1) is 0 Å². The van der Waals surface area contributed by atoms with Crippen molar-refractivity contribution in [3.8, 4) is 0 Å². The van der Waals surface area contributed by atoms with E-state index in [9.17, 15) is 21.9 Å². The van der Waals surface area contributed by atoms with Crippen LogP contribution in [0.1, 0.15) is 30.7 Å². The van der Waals surface area contributed by atoms with Crippen LogP contribution in [0.5, 0.6) is 0 Å². The Morgan fingerprint density at radius 1 is 1.15 bits per heavy atom. The van der Waals surface area contributed by atoms with Crippen LogP contribution in [-0.2, 0) is 24.4 Å². The molecule has 0 saturated heterocycles. The van der Waals surface area contributed by atoms with Crippen LogP contribution < -0.4 is 0 Å². The van der Waals surface area contributed by atoms with Crippen molar-refractivity contribution in [1.82, 2.24) is 4.98 Å². The third kappa shape index (κ3) is 2.67. The molecule has 0 radical (unpaired) electrons. The molecule has 9 heteroatoms. The molecule has 0 spiro atoms. The number of aromatic nitrogens is 1. The summed E-state index contributed by atoms with van der Waals surface area (Å²) in [5, 5.41) is 10.8. The molecule has 1 N–H and O–H groups in total. The van der Waals surface area contributed by atoms with Gasteiger partial charge in [-0.2, -0.15) is 0 Å². The van der Waals surface area contributed by atoms with E-state index in [1.165, 1.54) is 26.1 Å². The summed E-state index contributed by atoms with van der Waals surface area (Å²) < 4.78 is 50.4. The first-order valence-electron chi connectivity index (χ1n) is 7.53. The minimum Gasteiger partial charge on any atom is -0.504 e. The van der Waals surface area contributed by atoms with E-state index in [-0.39, 0.29) is 16.2 Å².